The molecule has 1 unspecified atom stereocenters. The SMILES string of the molecule is CCCCN(CCCC)P(=O)(OC(Cl)C(Cl)(Cl)Cl)N(CCCC)CCCC. The van der Waals surface area contributed by atoms with Crippen LogP contribution in [0.4, 0.5) is 0 Å². The summed E-state index contributed by atoms with van der Waals surface area (Å²) in [6, 6.07) is 0. The Labute approximate surface area is 186 Å². The van der Waals surface area contributed by atoms with Gasteiger partial charge in [0.05, 0.1) is 0 Å². The van der Waals surface area contributed by atoms with Crippen LogP contribution in [0.3, 0.4) is 0 Å². The van der Waals surface area contributed by atoms with Gasteiger partial charge < -0.3 is 0 Å². The average Bonchev–Trinajstić information content (AvgIpc) is 2.60. The lowest BCUT2D eigenvalue weighted by atomic mass is 10.3. The predicted molar refractivity (Wildman–Crippen MR) is 121 cm³/mol. The van der Waals surface area contributed by atoms with Crippen molar-refractivity contribution < 1.29 is 9.09 Å². The standard InChI is InChI=1S/C18H37Cl4N2O2P/c1-5-9-13-23(14-10-6-2)27(25,26-17(19)18(20,21)22)24(15-11-7-3)16-12-8-4/h17H,5-16H2,1-4H3. The molecule has 0 spiro atoms. The van der Waals surface area contributed by atoms with Gasteiger partial charge in [0.1, 0.15) is 0 Å². The van der Waals surface area contributed by atoms with Crippen molar-refractivity contribution in [3.63, 3.8) is 0 Å². The lowest BCUT2D eigenvalue weighted by Gasteiger charge is -2.40. The van der Waals surface area contributed by atoms with Crippen LogP contribution in [0.5, 0.6) is 0 Å². The zero-order chi connectivity index (χ0) is 20.9. The van der Waals surface area contributed by atoms with E-state index >= 15 is 0 Å². The third-order valence-electron chi connectivity index (χ3n) is 4.28. The summed E-state index contributed by atoms with van der Waals surface area (Å²) in [5, 5.41) is 0. The van der Waals surface area contributed by atoms with Gasteiger partial charge in [-0.05, 0) is 25.7 Å². The van der Waals surface area contributed by atoms with Crippen molar-refractivity contribution in [1.29, 1.82) is 0 Å². The monoisotopic (exact) mass is 484 g/mol. The van der Waals surface area contributed by atoms with Crippen molar-refractivity contribution in [2.24, 2.45) is 0 Å². The maximum Gasteiger partial charge on any atom is 0.347 e. The maximum absolute atomic E-state index is 14.3. The quantitative estimate of drug-likeness (QED) is 0.164. The molecule has 0 amide bonds. The molecular weight excluding hydrogens is 449 g/mol. The summed E-state index contributed by atoms with van der Waals surface area (Å²) >= 11 is 24.0. The maximum atomic E-state index is 14.3. The van der Waals surface area contributed by atoms with Crippen LogP contribution in [-0.2, 0) is 9.09 Å². The van der Waals surface area contributed by atoms with Gasteiger partial charge in [0, 0.05) is 26.2 Å². The van der Waals surface area contributed by atoms with Gasteiger partial charge in [-0.15, -0.1) is 0 Å². The minimum Gasteiger partial charge on any atom is -0.282 e. The highest BCUT2D eigenvalue weighted by molar-refractivity contribution is 7.54. The van der Waals surface area contributed by atoms with Crippen LogP contribution >= 0.6 is 54.1 Å². The number of halogens is 4. The van der Waals surface area contributed by atoms with Crippen molar-refractivity contribution in [3.8, 4) is 0 Å². The van der Waals surface area contributed by atoms with Gasteiger partial charge in [0.25, 0.3) is 0 Å². The highest BCUT2D eigenvalue weighted by Gasteiger charge is 2.44. The minimum atomic E-state index is -3.43. The predicted octanol–water partition coefficient (Wildman–Crippen LogP) is 7.85. The normalized spacial score (nSPS) is 14.3. The Hall–Kier alpha value is 1.27. The molecule has 4 nitrogen and oxygen atoms in total. The molecule has 9 heteroatoms. The average molecular weight is 486 g/mol. The molecule has 0 aromatic rings. The van der Waals surface area contributed by atoms with E-state index in [1.165, 1.54) is 0 Å². The molecule has 0 heterocycles. The molecule has 0 bridgehead atoms. The Morgan fingerprint density at radius 3 is 1.30 bits per heavy atom. The molecule has 0 N–H and O–H groups in total. The van der Waals surface area contributed by atoms with E-state index in [9.17, 15) is 4.57 Å². The molecule has 0 aliphatic rings. The molecule has 164 valence electrons. The largest absolute Gasteiger partial charge is 0.347 e. The summed E-state index contributed by atoms with van der Waals surface area (Å²) in [6.45, 7) is 11.1. The van der Waals surface area contributed by atoms with Gasteiger partial charge in [-0.25, -0.2) is 9.34 Å². The van der Waals surface area contributed by atoms with E-state index in [2.05, 4.69) is 27.7 Å². The molecule has 0 aliphatic heterocycles. The number of unbranched alkanes of at least 4 members (excludes halogenated alkanes) is 4. The first-order valence-corrected chi connectivity index (χ1v) is 13.3. The molecule has 0 saturated carbocycles. The summed E-state index contributed by atoms with van der Waals surface area (Å²) in [6.07, 6.45) is 7.70. The number of nitrogens with zero attached hydrogens (tertiary/aromatic N) is 2. The van der Waals surface area contributed by atoms with Crippen molar-refractivity contribution >= 4 is 54.1 Å². The van der Waals surface area contributed by atoms with Gasteiger partial charge in [0.15, 0.2) is 5.56 Å². The van der Waals surface area contributed by atoms with Gasteiger partial charge in [0.2, 0.25) is 3.79 Å². The van der Waals surface area contributed by atoms with Gasteiger partial charge >= 0.3 is 7.67 Å². The number of hydrogen-bond acceptors (Lipinski definition) is 2. The molecule has 0 aromatic carbocycles. The molecular formula is C18H37Cl4N2O2P. The van der Waals surface area contributed by atoms with Crippen molar-refractivity contribution in [2.45, 2.75) is 88.4 Å². The Bertz CT molecular complexity index is 385. The van der Waals surface area contributed by atoms with Crippen LogP contribution in [0.1, 0.15) is 79.1 Å². The van der Waals surface area contributed by atoms with Crippen LogP contribution < -0.4 is 0 Å². The topological polar surface area (TPSA) is 32.8 Å². The fourth-order valence-electron chi connectivity index (χ4n) is 2.58. The summed E-state index contributed by atoms with van der Waals surface area (Å²) in [7, 11) is -3.43. The molecule has 0 aromatic heterocycles. The van der Waals surface area contributed by atoms with Crippen LogP contribution in [0.15, 0.2) is 0 Å². The lowest BCUT2D eigenvalue weighted by molar-refractivity contribution is 0.185. The zero-order valence-electron chi connectivity index (χ0n) is 17.2. The van der Waals surface area contributed by atoms with E-state index in [1.54, 1.807) is 0 Å². The van der Waals surface area contributed by atoms with E-state index in [0.717, 1.165) is 51.4 Å². The van der Waals surface area contributed by atoms with Gasteiger partial charge in [-0.2, -0.15) is 0 Å². The fourth-order valence-corrected chi connectivity index (χ4v) is 5.82. The first kappa shape index (κ1) is 28.3. The fraction of sp³-hybridized carbons (Fsp3) is 1.00. The van der Waals surface area contributed by atoms with E-state index in [4.69, 9.17) is 50.9 Å². The third kappa shape index (κ3) is 10.7. The third-order valence-corrected chi connectivity index (χ3v) is 8.47. The molecule has 0 radical (unpaired) electrons. The minimum absolute atomic E-state index is 0.673. The molecule has 0 aliphatic carbocycles. The van der Waals surface area contributed by atoms with Crippen LogP contribution in [-0.4, -0.2) is 44.9 Å². The van der Waals surface area contributed by atoms with Crippen LogP contribution in [0.25, 0.3) is 0 Å². The second-order valence-corrected chi connectivity index (χ2v) is 11.9. The summed E-state index contributed by atoms with van der Waals surface area (Å²) in [5.74, 6) is 0. The lowest BCUT2D eigenvalue weighted by Crippen LogP contribution is -2.38. The molecule has 1 atom stereocenters. The number of alkyl halides is 4. The number of hydrogen-bond donors (Lipinski definition) is 0. The van der Waals surface area contributed by atoms with E-state index in [0.29, 0.717) is 26.2 Å². The first-order chi connectivity index (χ1) is 12.7. The second kappa shape index (κ2) is 15.1. The smallest absolute Gasteiger partial charge is 0.282 e. The Morgan fingerprint density at radius 2 is 1.07 bits per heavy atom. The van der Waals surface area contributed by atoms with Crippen molar-refractivity contribution in [2.75, 3.05) is 26.2 Å². The van der Waals surface area contributed by atoms with E-state index in [-0.39, 0.29) is 0 Å². The second-order valence-electron chi connectivity index (χ2n) is 6.78. The molecule has 0 fully saturated rings. The zero-order valence-corrected chi connectivity index (χ0v) is 21.2. The van der Waals surface area contributed by atoms with Crippen molar-refractivity contribution in [1.82, 2.24) is 9.34 Å². The Morgan fingerprint density at radius 1 is 0.778 bits per heavy atom. The summed E-state index contributed by atoms with van der Waals surface area (Å²) < 4.78 is 22.2. The highest BCUT2D eigenvalue weighted by Crippen LogP contribution is 2.58. The molecule has 0 rings (SSSR count). The summed E-state index contributed by atoms with van der Waals surface area (Å²) in [5.41, 5.74) is -1.29. The van der Waals surface area contributed by atoms with E-state index in [1.807, 2.05) is 9.34 Å². The van der Waals surface area contributed by atoms with Gasteiger partial charge in [-0.3, -0.25) is 9.09 Å². The summed E-state index contributed by atoms with van der Waals surface area (Å²) in [4.78, 5) is 0. The Balaban J connectivity index is 5.82. The molecule has 27 heavy (non-hydrogen) atoms. The van der Waals surface area contributed by atoms with Crippen LogP contribution in [0.2, 0.25) is 0 Å². The highest BCUT2D eigenvalue weighted by atomic mass is 35.6. The van der Waals surface area contributed by atoms with E-state index < -0.39 is 17.0 Å². The van der Waals surface area contributed by atoms with Crippen LogP contribution in [0, 0.1) is 0 Å². The molecule has 0 saturated heterocycles. The van der Waals surface area contributed by atoms with Gasteiger partial charge in [-0.1, -0.05) is 99.8 Å². The first-order valence-electron chi connectivity index (χ1n) is 10.2. The number of rotatable bonds is 16. The van der Waals surface area contributed by atoms with Crippen molar-refractivity contribution in [3.05, 3.63) is 0 Å². The Kier molecular flexibility index (Phi) is 15.8.